The van der Waals surface area contributed by atoms with Crippen molar-refractivity contribution in [1.82, 2.24) is 10.3 Å². The summed E-state index contributed by atoms with van der Waals surface area (Å²) in [5.41, 5.74) is 1.20. The van der Waals surface area contributed by atoms with Crippen LogP contribution in [0.1, 0.15) is 29.0 Å². The van der Waals surface area contributed by atoms with Crippen LogP contribution in [0.5, 0.6) is 5.75 Å². The number of ether oxygens (including phenoxy) is 1. The van der Waals surface area contributed by atoms with E-state index >= 15 is 0 Å². The van der Waals surface area contributed by atoms with Gasteiger partial charge in [-0.25, -0.2) is 4.79 Å². The Morgan fingerprint density at radius 1 is 1.33 bits per heavy atom. The first-order valence-corrected chi connectivity index (χ1v) is 6.77. The zero-order valence-electron chi connectivity index (χ0n) is 11.8. The molecule has 0 bridgehead atoms. The lowest BCUT2D eigenvalue weighted by molar-refractivity contribution is 0.0696. The lowest BCUT2D eigenvalue weighted by Crippen LogP contribution is -2.24. The molecule has 0 aliphatic carbocycles. The van der Waals surface area contributed by atoms with Crippen molar-refractivity contribution >= 4 is 5.97 Å². The predicted molar refractivity (Wildman–Crippen MR) is 79.6 cm³/mol. The van der Waals surface area contributed by atoms with Crippen molar-refractivity contribution < 1.29 is 14.6 Å². The Hall–Kier alpha value is -2.40. The first-order valence-electron chi connectivity index (χ1n) is 6.77. The number of carbonyl (C=O) groups is 1. The van der Waals surface area contributed by atoms with Crippen LogP contribution in [-0.2, 0) is 0 Å². The molecule has 0 fully saturated rings. The van der Waals surface area contributed by atoms with Gasteiger partial charge >= 0.3 is 5.97 Å². The van der Waals surface area contributed by atoms with Gasteiger partial charge in [-0.15, -0.1) is 0 Å². The van der Waals surface area contributed by atoms with Crippen LogP contribution in [0, 0.1) is 0 Å². The van der Waals surface area contributed by atoms with E-state index < -0.39 is 5.97 Å². The van der Waals surface area contributed by atoms with Crippen molar-refractivity contribution in [2.45, 2.75) is 13.0 Å². The molecule has 0 amide bonds. The number of hydrogen-bond donors (Lipinski definition) is 2. The van der Waals surface area contributed by atoms with Gasteiger partial charge < -0.3 is 15.2 Å². The Labute approximate surface area is 123 Å². The van der Waals surface area contributed by atoms with Gasteiger partial charge in [0.1, 0.15) is 12.4 Å². The van der Waals surface area contributed by atoms with E-state index in [9.17, 15) is 4.79 Å². The molecule has 0 aliphatic rings. The predicted octanol–water partition coefficient (Wildman–Crippen LogP) is 2.51. The molecule has 0 spiro atoms. The van der Waals surface area contributed by atoms with Crippen molar-refractivity contribution in [3.05, 3.63) is 59.9 Å². The number of benzene rings is 1. The van der Waals surface area contributed by atoms with E-state index in [-0.39, 0.29) is 11.6 Å². The average Bonchev–Trinajstić information content (AvgIpc) is 2.52. The van der Waals surface area contributed by atoms with E-state index in [2.05, 4.69) is 10.3 Å². The number of rotatable bonds is 7. The Balaban J connectivity index is 1.77. The monoisotopic (exact) mass is 286 g/mol. The van der Waals surface area contributed by atoms with Gasteiger partial charge in [-0.2, -0.15) is 0 Å². The first kappa shape index (κ1) is 15.0. The third-order valence-electron chi connectivity index (χ3n) is 3.03. The quantitative estimate of drug-likeness (QED) is 0.765. The number of pyridine rings is 1. The molecule has 0 saturated heterocycles. The maximum absolute atomic E-state index is 10.9. The zero-order valence-corrected chi connectivity index (χ0v) is 11.8. The molecule has 21 heavy (non-hydrogen) atoms. The smallest absolute Gasteiger partial charge is 0.335 e. The summed E-state index contributed by atoms with van der Waals surface area (Å²) in [7, 11) is 0. The lowest BCUT2D eigenvalue weighted by atomic mass is 10.2. The van der Waals surface area contributed by atoms with Gasteiger partial charge in [0.2, 0.25) is 0 Å². The van der Waals surface area contributed by atoms with E-state index in [4.69, 9.17) is 9.84 Å². The normalized spacial score (nSPS) is 11.9. The summed E-state index contributed by atoms with van der Waals surface area (Å²) in [6.45, 7) is 3.14. The fourth-order valence-corrected chi connectivity index (χ4v) is 1.90. The Morgan fingerprint density at radius 2 is 2.19 bits per heavy atom. The van der Waals surface area contributed by atoms with Gasteiger partial charge in [0.25, 0.3) is 0 Å². The Kier molecular flexibility index (Phi) is 5.29. The molecule has 2 N–H and O–H groups in total. The summed E-state index contributed by atoms with van der Waals surface area (Å²) in [6, 6.07) is 12.4. The molecule has 1 aromatic heterocycles. The number of nitrogens with zero attached hydrogens (tertiary/aromatic N) is 1. The third kappa shape index (κ3) is 4.57. The average molecular weight is 286 g/mol. The summed E-state index contributed by atoms with van der Waals surface area (Å²) in [6.07, 6.45) is 1.77. The summed E-state index contributed by atoms with van der Waals surface area (Å²) in [5, 5.41) is 12.2. The Bertz CT molecular complexity index is 587. The van der Waals surface area contributed by atoms with E-state index in [1.54, 1.807) is 18.3 Å². The minimum atomic E-state index is -0.956. The third-order valence-corrected chi connectivity index (χ3v) is 3.03. The van der Waals surface area contributed by atoms with E-state index in [0.29, 0.717) is 18.9 Å². The molecule has 1 atom stereocenters. The second-order valence-electron chi connectivity index (χ2n) is 4.61. The maximum Gasteiger partial charge on any atom is 0.335 e. The molecule has 2 aromatic rings. The molecule has 0 saturated carbocycles. The second kappa shape index (κ2) is 7.40. The molecule has 2 rings (SSSR count). The fraction of sp³-hybridized carbons (Fsp3) is 0.250. The SMILES string of the molecule is C[C@@H](NCCOc1cccc(C(=O)O)c1)c1ccccn1. The van der Waals surface area contributed by atoms with Crippen molar-refractivity contribution in [1.29, 1.82) is 0 Å². The van der Waals surface area contributed by atoms with Crippen molar-refractivity contribution in [2.24, 2.45) is 0 Å². The van der Waals surface area contributed by atoms with E-state index in [1.165, 1.54) is 12.1 Å². The summed E-state index contributed by atoms with van der Waals surface area (Å²) in [5.74, 6) is -0.399. The van der Waals surface area contributed by atoms with Gasteiger partial charge in [-0.3, -0.25) is 4.98 Å². The number of hydrogen-bond acceptors (Lipinski definition) is 4. The standard InChI is InChI=1S/C16H18N2O3/c1-12(15-7-2-3-8-18-15)17-9-10-21-14-6-4-5-13(11-14)16(19)20/h2-8,11-12,17H,9-10H2,1H3,(H,19,20)/t12-/m1/s1. The van der Waals surface area contributed by atoms with Crippen LogP contribution in [-0.4, -0.2) is 29.2 Å². The zero-order chi connectivity index (χ0) is 15.1. The molecular weight excluding hydrogens is 268 g/mol. The highest BCUT2D eigenvalue weighted by Gasteiger charge is 2.06. The number of aromatic nitrogens is 1. The molecule has 110 valence electrons. The number of carboxylic acid groups (broad SMARTS) is 1. The molecule has 1 heterocycles. The van der Waals surface area contributed by atoms with Crippen LogP contribution >= 0.6 is 0 Å². The topological polar surface area (TPSA) is 71.5 Å². The molecule has 0 unspecified atom stereocenters. The van der Waals surface area contributed by atoms with Gasteiger partial charge in [0.15, 0.2) is 0 Å². The lowest BCUT2D eigenvalue weighted by Gasteiger charge is -2.13. The van der Waals surface area contributed by atoms with Crippen LogP contribution in [0.4, 0.5) is 0 Å². The molecule has 0 aliphatic heterocycles. The molecule has 5 nitrogen and oxygen atoms in total. The van der Waals surface area contributed by atoms with Crippen LogP contribution in [0.25, 0.3) is 0 Å². The summed E-state index contributed by atoms with van der Waals surface area (Å²) >= 11 is 0. The van der Waals surface area contributed by atoms with E-state index in [0.717, 1.165) is 5.69 Å². The largest absolute Gasteiger partial charge is 0.492 e. The van der Waals surface area contributed by atoms with Gasteiger partial charge in [-0.05, 0) is 37.3 Å². The van der Waals surface area contributed by atoms with Crippen LogP contribution in [0.15, 0.2) is 48.7 Å². The minimum Gasteiger partial charge on any atom is -0.492 e. The molecular formula is C16H18N2O3. The number of aromatic carboxylic acids is 1. The van der Waals surface area contributed by atoms with Crippen molar-refractivity contribution in [3.8, 4) is 5.75 Å². The van der Waals surface area contributed by atoms with Crippen LogP contribution < -0.4 is 10.1 Å². The second-order valence-corrected chi connectivity index (χ2v) is 4.61. The number of nitrogens with one attached hydrogen (secondary N) is 1. The maximum atomic E-state index is 10.9. The van der Waals surface area contributed by atoms with Crippen LogP contribution in [0.3, 0.4) is 0 Å². The number of carboxylic acids is 1. The molecule has 1 aromatic carbocycles. The highest BCUT2D eigenvalue weighted by atomic mass is 16.5. The van der Waals surface area contributed by atoms with Crippen molar-refractivity contribution in [3.63, 3.8) is 0 Å². The first-order chi connectivity index (χ1) is 10.2. The fourth-order valence-electron chi connectivity index (χ4n) is 1.90. The van der Waals surface area contributed by atoms with E-state index in [1.807, 2.05) is 25.1 Å². The summed E-state index contributed by atoms with van der Waals surface area (Å²) in [4.78, 5) is 15.1. The van der Waals surface area contributed by atoms with Crippen molar-refractivity contribution in [2.75, 3.05) is 13.2 Å². The Morgan fingerprint density at radius 3 is 2.90 bits per heavy atom. The van der Waals surface area contributed by atoms with Crippen LogP contribution in [0.2, 0.25) is 0 Å². The van der Waals surface area contributed by atoms with Gasteiger partial charge in [0.05, 0.1) is 11.3 Å². The molecule has 0 radical (unpaired) electrons. The van der Waals surface area contributed by atoms with Gasteiger partial charge in [-0.1, -0.05) is 12.1 Å². The molecule has 5 heteroatoms. The summed E-state index contributed by atoms with van der Waals surface area (Å²) < 4.78 is 5.54. The highest BCUT2D eigenvalue weighted by Crippen LogP contribution is 2.13. The highest BCUT2D eigenvalue weighted by molar-refractivity contribution is 5.87. The minimum absolute atomic E-state index is 0.139. The van der Waals surface area contributed by atoms with Gasteiger partial charge in [0, 0.05) is 18.8 Å².